The van der Waals surface area contributed by atoms with Gasteiger partial charge >= 0.3 is 6.18 Å². The molecule has 0 bridgehead atoms. The van der Waals surface area contributed by atoms with E-state index >= 15 is 0 Å². The Morgan fingerprint density at radius 2 is 1.96 bits per heavy atom. The van der Waals surface area contributed by atoms with Crippen molar-refractivity contribution in [2.75, 3.05) is 11.1 Å². The molecule has 0 aliphatic carbocycles. The summed E-state index contributed by atoms with van der Waals surface area (Å²) in [5.41, 5.74) is 2.95. The lowest BCUT2D eigenvalue weighted by Gasteiger charge is -2.00. The number of carbonyl (C=O) groups excluding carboxylic acids is 1. The first-order valence-electron chi connectivity index (χ1n) is 7.17. The van der Waals surface area contributed by atoms with Gasteiger partial charge in [0.25, 0.3) is 0 Å². The molecule has 5 nitrogen and oxygen atoms in total. The minimum Gasteiger partial charge on any atom is -0.300 e. The lowest BCUT2D eigenvalue weighted by molar-refractivity contribution is -0.138. The van der Waals surface area contributed by atoms with Crippen molar-refractivity contribution in [1.29, 1.82) is 0 Å². The molecule has 3 rings (SSSR count). The van der Waals surface area contributed by atoms with Gasteiger partial charge in [-0.05, 0) is 6.92 Å². The van der Waals surface area contributed by atoms with Gasteiger partial charge in [-0.3, -0.25) is 10.1 Å². The van der Waals surface area contributed by atoms with E-state index in [-0.39, 0.29) is 10.9 Å². The molecule has 1 aromatic carbocycles. The molecule has 0 fully saturated rings. The van der Waals surface area contributed by atoms with Gasteiger partial charge in [-0.15, -0.1) is 21.5 Å². The number of hydrogen-bond acceptors (Lipinski definition) is 7. The molecule has 0 saturated heterocycles. The number of aromatic nitrogens is 3. The number of anilines is 1. The second-order valence-electron chi connectivity index (χ2n) is 5.11. The van der Waals surface area contributed by atoms with E-state index in [2.05, 4.69) is 20.5 Å². The van der Waals surface area contributed by atoms with Crippen LogP contribution in [0.2, 0.25) is 0 Å². The number of aryl methyl sites for hydroxylation is 1. The highest BCUT2D eigenvalue weighted by Crippen LogP contribution is 2.33. The van der Waals surface area contributed by atoms with Gasteiger partial charge < -0.3 is 0 Å². The quantitative estimate of drug-likeness (QED) is 0.610. The second kappa shape index (κ2) is 7.72. The summed E-state index contributed by atoms with van der Waals surface area (Å²) in [5, 5.41) is 9.27. The molecule has 2 aromatic heterocycles. The van der Waals surface area contributed by atoms with Crippen LogP contribution in [0.1, 0.15) is 10.6 Å². The summed E-state index contributed by atoms with van der Waals surface area (Å²) >= 11 is 2.90. The highest BCUT2D eigenvalue weighted by Gasteiger charge is 2.35. The van der Waals surface area contributed by atoms with Crippen molar-refractivity contribution >= 4 is 45.5 Å². The number of amides is 1. The zero-order valence-corrected chi connectivity index (χ0v) is 15.7. The fraction of sp³-hybridized carbons (Fsp3) is 0.200. The van der Waals surface area contributed by atoms with Gasteiger partial charge in [-0.2, -0.15) is 13.2 Å². The van der Waals surface area contributed by atoms with E-state index in [9.17, 15) is 18.0 Å². The molecule has 0 radical (unpaired) electrons. The number of thioether (sulfide) groups is 1. The third kappa shape index (κ3) is 4.80. The molecule has 3 aromatic rings. The topological polar surface area (TPSA) is 67.8 Å². The van der Waals surface area contributed by atoms with Crippen molar-refractivity contribution in [3.63, 3.8) is 0 Å². The maximum absolute atomic E-state index is 12.5. The summed E-state index contributed by atoms with van der Waals surface area (Å²) < 4.78 is 38.1. The smallest absolute Gasteiger partial charge is 0.300 e. The predicted molar refractivity (Wildman–Crippen MR) is 96.6 cm³/mol. The average Bonchev–Trinajstić information content (AvgIpc) is 3.22. The molecule has 0 unspecified atom stereocenters. The lowest BCUT2D eigenvalue weighted by atomic mass is 10.1. The zero-order chi connectivity index (χ0) is 18.7. The molecule has 1 N–H and O–H groups in total. The minimum absolute atomic E-state index is 0.0157. The van der Waals surface area contributed by atoms with Gasteiger partial charge in [0.15, 0.2) is 4.34 Å². The van der Waals surface area contributed by atoms with Gasteiger partial charge in [-0.1, -0.05) is 52.9 Å². The number of hydrogen-bond donors (Lipinski definition) is 1. The van der Waals surface area contributed by atoms with Crippen LogP contribution >= 0.6 is 34.4 Å². The average molecular weight is 416 g/mol. The van der Waals surface area contributed by atoms with Crippen molar-refractivity contribution in [2.45, 2.75) is 17.4 Å². The molecule has 1 amide bonds. The summed E-state index contributed by atoms with van der Waals surface area (Å²) in [6.07, 6.45) is -4.57. The molecule has 136 valence electrons. The maximum Gasteiger partial charge on any atom is 0.445 e. The van der Waals surface area contributed by atoms with E-state index in [0.717, 1.165) is 16.8 Å². The fourth-order valence-corrected chi connectivity index (χ4v) is 4.11. The summed E-state index contributed by atoms with van der Waals surface area (Å²) in [5.74, 6) is -0.450. The Bertz CT molecular complexity index is 906. The standard InChI is InChI=1S/C15H11F3N4OS3/c1-8-2-4-9(5-3-8)10-6-24-14(19-10)25-7-11(23)20-13-22-21-12(26-13)15(16,17)18/h2-6H,7H2,1H3,(H,20,22,23). The molecule has 11 heteroatoms. The summed E-state index contributed by atoms with van der Waals surface area (Å²) in [6, 6.07) is 7.93. The zero-order valence-electron chi connectivity index (χ0n) is 13.2. The number of alkyl halides is 3. The maximum atomic E-state index is 12.5. The third-order valence-electron chi connectivity index (χ3n) is 3.07. The largest absolute Gasteiger partial charge is 0.445 e. The van der Waals surface area contributed by atoms with Crippen LogP contribution in [0.3, 0.4) is 0 Å². The second-order valence-corrected chi connectivity index (χ2v) is 8.17. The first kappa shape index (κ1) is 18.8. The molecule has 0 aliphatic rings. The number of rotatable bonds is 5. The Kier molecular flexibility index (Phi) is 5.58. The number of thiazole rings is 1. The molecule has 0 spiro atoms. The van der Waals surface area contributed by atoms with Crippen molar-refractivity contribution in [2.24, 2.45) is 0 Å². The molecule has 0 atom stereocenters. The highest BCUT2D eigenvalue weighted by molar-refractivity contribution is 8.01. The Morgan fingerprint density at radius 1 is 1.23 bits per heavy atom. The summed E-state index contributed by atoms with van der Waals surface area (Å²) in [4.78, 5) is 16.3. The highest BCUT2D eigenvalue weighted by atomic mass is 32.2. The van der Waals surface area contributed by atoms with E-state index in [1.165, 1.54) is 23.1 Å². The van der Waals surface area contributed by atoms with E-state index < -0.39 is 17.1 Å². The van der Waals surface area contributed by atoms with Crippen LogP contribution in [0.5, 0.6) is 0 Å². The minimum atomic E-state index is -4.57. The monoisotopic (exact) mass is 416 g/mol. The Morgan fingerprint density at radius 3 is 2.62 bits per heavy atom. The molecular weight excluding hydrogens is 405 g/mol. The number of nitrogens with zero attached hydrogens (tertiary/aromatic N) is 3. The van der Waals surface area contributed by atoms with Crippen molar-refractivity contribution < 1.29 is 18.0 Å². The number of nitrogens with one attached hydrogen (secondary N) is 1. The fourth-order valence-electron chi connectivity index (χ4n) is 1.85. The molecular formula is C15H11F3N4OS3. The first-order chi connectivity index (χ1) is 12.3. The molecule has 26 heavy (non-hydrogen) atoms. The van der Waals surface area contributed by atoms with Crippen LogP contribution < -0.4 is 5.32 Å². The van der Waals surface area contributed by atoms with Crippen LogP contribution in [0, 0.1) is 6.92 Å². The lowest BCUT2D eigenvalue weighted by Crippen LogP contribution is -2.13. The van der Waals surface area contributed by atoms with E-state index in [0.29, 0.717) is 15.7 Å². The SMILES string of the molecule is Cc1ccc(-c2csc(SCC(=O)Nc3nnc(C(F)(F)F)s3)n2)cc1. The number of carbonyl (C=O) groups is 1. The normalized spacial score (nSPS) is 11.5. The van der Waals surface area contributed by atoms with Crippen LogP contribution in [0.15, 0.2) is 34.0 Å². The van der Waals surface area contributed by atoms with Crippen molar-refractivity contribution in [3.05, 3.63) is 40.2 Å². The van der Waals surface area contributed by atoms with Crippen LogP contribution in [-0.4, -0.2) is 26.8 Å². The summed E-state index contributed by atoms with van der Waals surface area (Å²) in [7, 11) is 0. The Hall–Kier alpha value is -1.98. The van der Waals surface area contributed by atoms with E-state index in [1.807, 2.05) is 36.6 Å². The Balaban J connectivity index is 1.55. The Labute approximate surface area is 158 Å². The first-order valence-corrected chi connectivity index (χ1v) is 9.85. The van der Waals surface area contributed by atoms with Gasteiger partial charge in [0, 0.05) is 10.9 Å². The number of benzene rings is 1. The van der Waals surface area contributed by atoms with Gasteiger partial charge in [0.05, 0.1) is 11.4 Å². The van der Waals surface area contributed by atoms with Crippen molar-refractivity contribution in [1.82, 2.24) is 15.2 Å². The third-order valence-corrected chi connectivity index (χ3v) is 5.98. The molecule has 0 aliphatic heterocycles. The van der Waals surface area contributed by atoms with Crippen LogP contribution in [0.4, 0.5) is 18.3 Å². The summed E-state index contributed by atoms with van der Waals surface area (Å²) in [6.45, 7) is 2.00. The van der Waals surface area contributed by atoms with E-state index in [1.54, 1.807) is 0 Å². The van der Waals surface area contributed by atoms with Crippen molar-refractivity contribution in [3.8, 4) is 11.3 Å². The molecule has 0 saturated carbocycles. The predicted octanol–water partition coefficient (Wildman–Crippen LogP) is 4.72. The van der Waals surface area contributed by atoms with Crippen LogP contribution in [-0.2, 0) is 11.0 Å². The number of halogens is 3. The van der Waals surface area contributed by atoms with Crippen LogP contribution in [0.25, 0.3) is 11.3 Å². The van der Waals surface area contributed by atoms with Gasteiger partial charge in [0.1, 0.15) is 0 Å². The van der Waals surface area contributed by atoms with Gasteiger partial charge in [-0.25, -0.2) is 4.98 Å². The van der Waals surface area contributed by atoms with E-state index in [4.69, 9.17) is 0 Å². The molecule has 2 heterocycles. The van der Waals surface area contributed by atoms with Gasteiger partial charge in [0.2, 0.25) is 16.0 Å².